The molecule has 0 spiro atoms. The Hall–Kier alpha value is -1.55. The predicted molar refractivity (Wildman–Crippen MR) is 84.4 cm³/mol. The molecule has 0 unspecified atom stereocenters. The van der Waals surface area contributed by atoms with Gasteiger partial charge in [0.1, 0.15) is 5.75 Å². The molecule has 1 amide bonds. The van der Waals surface area contributed by atoms with Crippen LogP contribution < -0.4 is 10.1 Å². The number of aliphatic hydroxyl groups excluding tert-OH is 1. The zero-order valence-corrected chi connectivity index (χ0v) is 13.3. The van der Waals surface area contributed by atoms with Gasteiger partial charge >= 0.3 is 0 Å². The first-order chi connectivity index (χ1) is 9.98. The molecule has 0 fully saturated rings. The lowest BCUT2D eigenvalue weighted by Gasteiger charge is -2.24. The number of ether oxygens (including phenoxy) is 1. The molecule has 4 nitrogen and oxygen atoms in total. The van der Waals surface area contributed by atoms with Gasteiger partial charge in [-0.25, -0.2) is 0 Å². The summed E-state index contributed by atoms with van der Waals surface area (Å²) in [5.74, 6) is 0.881. The molecule has 2 N–H and O–H groups in total. The quantitative estimate of drug-likeness (QED) is 0.735. The predicted octanol–water partition coefficient (Wildman–Crippen LogP) is 2.54. The van der Waals surface area contributed by atoms with E-state index in [4.69, 9.17) is 9.84 Å². The summed E-state index contributed by atoms with van der Waals surface area (Å²) in [6, 6.07) is 7.77. The van der Waals surface area contributed by atoms with Gasteiger partial charge in [0.25, 0.3) is 0 Å². The third kappa shape index (κ3) is 6.63. The Kier molecular flexibility index (Phi) is 7.23. The molecule has 1 aromatic carbocycles. The highest BCUT2D eigenvalue weighted by atomic mass is 16.5. The van der Waals surface area contributed by atoms with Crippen molar-refractivity contribution in [3.63, 3.8) is 0 Å². The molecule has 21 heavy (non-hydrogen) atoms. The van der Waals surface area contributed by atoms with Crippen molar-refractivity contribution in [1.29, 1.82) is 0 Å². The number of benzene rings is 1. The average molecular weight is 293 g/mol. The Morgan fingerprint density at radius 3 is 2.71 bits per heavy atom. The molecule has 4 heteroatoms. The zero-order chi connectivity index (χ0) is 15.7. The smallest absolute Gasteiger partial charge is 0.220 e. The van der Waals surface area contributed by atoms with Crippen LogP contribution in [0.25, 0.3) is 0 Å². The molecule has 0 bridgehead atoms. The summed E-state index contributed by atoms with van der Waals surface area (Å²) in [6.07, 6.45) is 2.80. The molecule has 0 atom stereocenters. The normalized spacial score (nSPS) is 11.2. The SMILES string of the molecule is COc1ccccc1CCC(=O)NCC(C)(C)CCCO. The number of carbonyl (C=O) groups is 1. The fraction of sp³-hybridized carbons (Fsp3) is 0.588. The lowest BCUT2D eigenvalue weighted by Crippen LogP contribution is -2.34. The van der Waals surface area contributed by atoms with Gasteiger partial charge in [0, 0.05) is 19.6 Å². The van der Waals surface area contributed by atoms with Crippen LogP contribution in [0.2, 0.25) is 0 Å². The van der Waals surface area contributed by atoms with Gasteiger partial charge in [-0.2, -0.15) is 0 Å². The van der Waals surface area contributed by atoms with E-state index in [1.54, 1.807) is 7.11 Å². The van der Waals surface area contributed by atoms with E-state index in [9.17, 15) is 4.79 Å². The summed E-state index contributed by atoms with van der Waals surface area (Å²) < 4.78 is 5.28. The topological polar surface area (TPSA) is 58.6 Å². The molecule has 0 aliphatic carbocycles. The zero-order valence-electron chi connectivity index (χ0n) is 13.3. The second kappa shape index (κ2) is 8.67. The molecule has 0 aromatic heterocycles. The maximum atomic E-state index is 11.9. The van der Waals surface area contributed by atoms with Crippen LogP contribution in [0.4, 0.5) is 0 Å². The summed E-state index contributed by atoms with van der Waals surface area (Å²) in [5, 5.41) is 11.8. The Morgan fingerprint density at radius 1 is 1.33 bits per heavy atom. The first-order valence-electron chi connectivity index (χ1n) is 7.48. The minimum atomic E-state index is 0.0167. The van der Waals surface area contributed by atoms with Gasteiger partial charge in [-0.1, -0.05) is 32.0 Å². The Morgan fingerprint density at radius 2 is 2.05 bits per heavy atom. The van der Waals surface area contributed by atoms with Crippen LogP contribution in [0.15, 0.2) is 24.3 Å². The molecule has 1 aromatic rings. The largest absolute Gasteiger partial charge is 0.496 e. The molecule has 0 aliphatic rings. The van der Waals surface area contributed by atoms with Crippen LogP contribution in [0.1, 0.15) is 38.7 Å². The molecule has 0 saturated heterocycles. The molecule has 0 aliphatic heterocycles. The molecule has 0 saturated carbocycles. The first kappa shape index (κ1) is 17.5. The summed E-state index contributed by atoms with van der Waals surface area (Å²) in [6.45, 7) is 5.04. The number of amides is 1. The maximum Gasteiger partial charge on any atom is 0.220 e. The summed E-state index contributed by atoms with van der Waals surface area (Å²) in [4.78, 5) is 11.9. The number of aliphatic hydroxyl groups is 1. The van der Waals surface area contributed by atoms with Gasteiger partial charge in [0.2, 0.25) is 5.91 Å². The third-order valence-corrected chi connectivity index (χ3v) is 3.59. The molecule has 1 rings (SSSR count). The fourth-order valence-corrected chi connectivity index (χ4v) is 2.23. The van der Waals surface area contributed by atoms with Crippen LogP contribution in [-0.4, -0.2) is 31.3 Å². The van der Waals surface area contributed by atoms with Crippen molar-refractivity contribution in [3.05, 3.63) is 29.8 Å². The lowest BCUT2D eigenvalue weighted by molar-refractivity contribution is -0.121. The van der Waals surface area contributed by atoms with Crippen LogP contribution >= 0.6 is 0 Å². The van der Waals surface area contributed by atoms with Crippen molar-refractivity contribution in [2.45, 2.75) is 39.5 Å². The number of para-hydroxylation sites is 1. The van der Waals surface area contributed by atoms with Crippen molar-refractivity contribution in [3.8, 4) is 5.75 Å². The highest BCUT2D eigenvalue weighted by Gasteiger charge is 2.18. The number of aryl methyl sites for hydroxylation is 1. The third-order valence-electron chi connectivity index (χ3n) is 3.59. The van der Waals surface area contributed by atoms with Gasteiger partial charge in [-0.05, 0) is 36.3 Å². The second-order valence-corrected chi connectivity index (χ2v) is 6.08. The van der Waals surface area contributed by atoms with E-state index in [0.29, 0.717) is 19.4 Å². The molecule has 118 valence electrons. The van der Waals surface area contributed by atoms with E-state index in [1.165, 1.54) is 0 Å². The van der Waals surface area contributed by atoms with Crippen LogP contribution in [0.5, 0.6) is 5.75 Å². The Bertz CT molecular complexity index is 443. The number of carbonyl (C=O) groups excluding carboxylic acids is 1. The number of methoxy groups -OCH3 is 1. The summed E-state index contributed by atoms with van der Waals surface area (Å²) in [5.41, 5.74) is 1.07. The average Bonchev–Trinajstić information content (AvgIpc) is 2.49. The molecular formula is C17H27NO3. The van der Waals surface area contributed by atoms with Crippen molar-refractivity contribution < 1.29 is 14.6 Å². The summed E-state index contributed by atoms with van der Waals surface area (Å²) in [7, 11) is 1.64. The number of nitrogens with one attached hydrogen (secondary N) is 1. The van der Waals surface area contributed by atoms with E-state index in [2.05, 4.69) is 19.2 Å². The van der Waals surface area contributed by atoms with Crippen molar-refractivity contribution in [2.75, 3.05) is 20.3 Å². The van der Waals surface area contributed by atoms with Crippen LogP contribution in [-0.2, 0) is 11.2 Å². The van der Waals surface area contributed by atoms with Crippen LogP contribution in [0, 0.1) is 5.41 Å². The molecular weight excluding hydrogens is 266 g/mol. The van der Waals surface area contributed by atoms with Crippen molar-refractivity contribution >= 4 is 5.91 Å². The monoisotopic (exact) mass is 293 g/mol. The van der Waals surface area contributed by atoms with Crippen molar-refractivity contribution in [1.82, 2.24) is 5.32 Å². The number of hydrogen-bond donors (Lipinski definition) is 2. The molecule has 0 heterocycles. The van der Waals surface area contributed by atoms with Gasteiger partial charge in [0.15, 0.2) is 0 Å². The van der Waals surface area contributed by atoms with Crippen LogP contribution in [0.3, 0.4) is 0 Å². The minimum absolute atomic E-state index is 0.0167. The number of rotatable bonds is 9. The summed E-state index contributed by atoms with van der Waals surface area (Å²) >= 11 is 0. The molecule has 0 radical (unpaired) electrons. The van der Waals surface area contributed by atoms with Gasteiger partial charge in [-0.15, -0.1) is 0 Å². The van der Waals surface area contributed by atoms with E-state index in [0.717, 1.165) is 24.2 Å². The maximum absolute atomic E-state index is 11.9. The Balaban J connectivity index is 2.37. The number of hydrogen-bond acceptors (Lipinski definition) is 3. The first-order valence-corrected chi connectivity index (χ1v) is 7.48. The lowest BCUT2D eigenvalue weighted by atomic mass is 9.88. The highest BCUT2D eigenvalue weighted by Crippen LogP contribution is 2.21. The second-order valence-electron chi connectivity index (χ2n) is 6.08. The van der Waals surface area contributed by atoms with Crippen molar-refractivity contribution in [2.24, 2.45) is 5.41 Å². The Labute approximate surface area is 127 Å². The van der Waals surface area contributed by atoms with E-state index in [-0.39, 0.29) is 17.9 Å². The highest BCUT2D eigenvalue weighted by molar-refractivity contribution is 5.76. The minimum Gasteiger partial charge on any atom is -0.496 e. The fourth-order valence-electron chi connectivity index (χ4n) is 2.23. The van der Waals surface area contributed by atoms with Gasteiger partial charge in [-0.3, -0.25) is 4.79 Å². The van der Waals surface area contributed by atoms with E-state index >= 15 is 0 Å². The van der Waals surface area contributed by atoms with E-state index in [1.807, 2.05) is 24.3 Å². The van der Waals surface area contributed by atoms with E-state index < -0.39 is 0 Å². The van der Waals surface area contributed by atoms with Gasteiger partial charge in [0.05, 0.1) is 7.11 Å². The van der Waals surface area contributed by atoms with Gasteiger partial charge < -0.3 is 15.2 Å². The standard InChI is InChI=1S/C17H27NO3/c1-17(2,11-6-12-19)13-18-16(20)10-9-14-7-4-5-8-15(14)21-3/h4-5,7-8,19H,6,9-13H2,1-3H3,(H,18,20).